The third-order valence-electron chi connectivity index (χ3n) is 7.56. The van der Waals surface area contributed by atoms with Gasteiger partial charge < -0.3 is 19.5 Å². The predicted molar refractivity (Wildman–Crippen MR) is 169 cm³/mol. The van der Waals surface area contributed by atoms with Crippen LogP contribution in [0.25, 0.3) is 11.3 Å². The maximum atomic E-state index is 14.7. The molecule has 1 saturated heterocycles. The van der Waals surface area contributed by atoms with Crippen molar-refractivity contribution in [1.82, 2.24) is 9.97 Å². The maximum absolute atomic E-state index is 14.7. The Balaban J connectivity index is 1.44. The van der Waals surface area contributed by atoms with E-state index in [0.717, 1.165) is 49.7 Å². The molecule has 0 spiro atoms. The van der Waals surface area contributed by atoms with Crippen LogP contribution >= 0.6 is 0 Å². The Kier molecular flexibility index (Phi) is 10.9. The second-order valence-corrected chi connectivity index (χ2v) is 12.8. The van der Waals surface area contributed by atoms with Gasteiger partial charge in [-0.15, -0.1) is 0 Å². The third-order valence-corrected chi connectivity index (χ3v) is 8.86. The topological polar surface area (TPSA) is 160 Å². The Morgan fingerprint density at radius 1 is 0.920 bits per heavy atom. The van der Waals surface area contributed by atoms with Crippen molar-refractivity contribution < 1.29 is 54.4 Å². The number of esters is 2. The molecule has 4 aromatic rings. The molecule has 262 valence electrons. The minimum absolute atomic E-state index is 0.0479. The first kappa shape index (κ1) is 36.1. The summed E-state index contributed by atoms with van der Waals surface area (Å²) in [6.45, 7) is 3.37. The van der Waals surface area contributed by atoms with Gasteiger partial charge in [0.05, 0.1) is 35.1 Å². The Hall–Kier alpha value is -5.19. The lowest BCUT2D eigenvalue weighted by Gasteiger charge is -2.40. The highest BCUT2D eigenvalue weighted by Gasteiger charge is 2.45. The number of nitrogens with one attached hydrogen (secondary N) is 1. The Morgan fingerprint density at radius 2 is 1.60 bits per heavy atom. The normalized spacial score (nSPS) is 19.0. The molecule has 16 heteroatoms. The summed E-state index contributed by atoms with van der Waals surface area (Å²) in [5.74, 6) is -5.65. The van der Waals surface area contributed by atoms with Crippen LogP contribution in [-0.4, -0.2) is 61.2 Å². The zero-order valence-electron chi connectivity index (χ0n) is 26.8. The average molecular weight is 714 g/mol. The van der Waals surface area contributed by atoms with Gasteiger partial charge in [-0.3, -0.25) is 23.6 Å². The highest BCUT2D eigenvalue weighted by Crippen LogP contribution is 2.38. The van der Waals surface area contributed by atoms with E-state index in [0.29, 0.717) is 0 Å². The molecular weight excluding hydrogens is 683 g/mol. The fraction of sp³-hybridized carbons (Fsp3) is 0.265. The van der Waals surface area contributed by atoms with Gasteiger partial charge in [-0.05, 0) is 49.4 Å². The largest absolute Gasteiger partial charge is 0.458 e. The summed E-state index contributed by atoms with van der Waals surface area (Å²) in [5, 5.41) is 2.57. The average Bonchev–Trinajstić information content (AvgIpc) is 3.05. The number of halogens is 3. The third kappa shape index (κ3) is 8.33. The van der Waals surface area contributed by atoms with Crippen molar-refractivity contribution in [3.8, 4) is 11.3 Å². The summed E-state index contributed by atoms with van der Waals surface area (Å²) in [7, 11) is -4.31. The van der Waals surface area contributed by atoms with E-state index in [9.17, 15) is 36.0 Å². The van der Waals surface area contributed by atoms with Gasteiger partial charge in [0.2, 0.25) is 0 Å². The van der Waals surface area contributed by atoms with E-state index in [4.69, 9.17) is 18.4 Å². The molecule has 1 fully saturated rings. The van der Waals surface area contributed by atoms with Gasteiger partial charge in [0.25, 0.3) is 16.0 Å². The van der Waals surface area contributed by atoms with Crippen molar-refractivity contribution in [1.29, 1.82) is 0 Å². The molecule has 1 amide bonds. The van der Waals surface area contributed by atoms with E-state index >= 15 is 0 Å². The molecule has 0 radical (unpaired) electrons. The molecule has 0 aliphatic carbocycles. The van der Waals surface area contributed by atoms with Crippen LogP contribution in [0.4, 0.5) is 18.9 Å². The summed E-state index contributed by atoms with van der Waals surface area (Å²) in [6, 6.07) is 12.1. The Bertz CT molecular complexity index is 2010. The minimum Gasteiger partial charge on any atom is -0.458 e. The number of hydrogen-bond acceptors (Lipinski definition) is 11. The van der Waals surface area contributed by atoms with E-state index in [2.05, 4.69) is 15.3 Å². The molecule has 1 aliphatic rings. The fourth-order valence-electron chi connectivity index (χ4n) is 5.31. The fourth-order valence-corrected chi connectivity index (χ4v) is 6.23. The summed E-state index contributed by atoms with van der Waals surface area (Å²) in [6.07, 6.45) is -2.29. The van der Waals surface area contributed by atoms with Crippen molar-refractivity contribution >= 4 is 33.7 Å². The molecule has 1 aliphatic heterocycles. The molecule has 3 heterocycles. The van der Waals surface area contributed by atoms with E-state index < -0.39 is 93.4 Å². The summed E-state index contributed by atoms with van der Waals surface area (Å²) >= 11 is 0. The lowest BCUT2D eigenvalue weighted by Crippen LogP contribution is -2.51. The smallest absolute Gasteiger partial charge is 0.303 e. The van der Waals surface area contributed by atoms with Crippen molar-refractivity contribution in [3.63, 3.8) is 0 Å². The van der Waals surface area contributed by atoms with Gasteiger partial charge in [-0.25, -0.2) is 18.2 Å². The number of hydrogen-bond donors (Lipinski definition) is 1. The number of aryl methyl sites for hydroxylation is 1. The van der Waals surface area contributed by atoms with E-state index in [-0.39, 0.29) is 22.6 Å². The Morgan fingerprint density at radius 3 is 2.26 bits per heavy atom. The highest BCUT2D eigenvalue weighted by molar-refractivity contribution is 7.86. The van der Waals surface area contributed by atoms with E-state index in [1.807, 2.05) is 0 Å². The number of amides is 1. The number of ether oxygens (including phenoxy) is 3. The molecule has 12 nitrogen and oxygen atoms in total. The van der Waals surface area contributed by atoms with E-state index in [1.165, 1.54) is 30.6 Å². The van der Waals surface area contributed by atoms with Crippen LogP contribution in [-0.2, 0) is 38.1 Å². The predicted octanol–water partition coefficient (Wildman–Crippen LogP) is 5.22. The van der Waals surface area contributed by atoms with Crippen molar-refractivity contribution in [2.75, 3.05) is 11.9 Å². The van der Waals surface area contributed by atoms with Crippen molar-refractivity contribution in [3.05, 3.63) is 107 Å². The molecule has 1 N–H and O–H groups in total. The molecular formula is C34H30F3N3O9S. The Labute approximate surface area is 284 Å². The quantitative estimate of drug-likeness (QED) is 0.170. The standard InChI is InChI=1S/C34H30F3N3O9S/c1-18-7-9-21(10-8-18)50(44,45)46-17-30-33(48-20(3)42)29(47-19(2)41)15-28(49-30)22-13-14-38-16-27(22)40-34(43)26-12-11-25(37)32(39-26)31-23(35)5-4-6-24(31)36/h4-14,16,28-30,33H,15,17H2,1-3H3,(H,40,43)/t28-,29-,30-,33+/m1/s1. The van der Waals surface area contributed by atoms with Crippen molar-refractivity contribution in [2.45, 2.75) is 56.5 Å². The number of pyridine rings is 2. The van der Waals surface area contributed by atoms with Gasteiger partial charge in [-0.2, -0.15) is 8.42 Å². The lowest BCUT2D eigenvalue weighted by molar-refractivity contribution is -0.211. The van der Waals surface area contributed by atoms with Crippen LogP contribution in [0.3, 0.4) is 0 Å². The summed E-state index contributed by atoms with van der Waals surface area (Å²) in [4.78, 5) is 45.3. The number of carbonyl (C=O) groups excluding carboxylic acids is 3. The van der Waals surface area contributed by atoms with Crippen LogP contribution in [0.2, 0.25) is 0 Å². The first-order valence-corrected chi connectivity index (χ1v) is 16.5. The molecule has 50 heavy (non-hydrogen) atoms. The summed E-state index contributed by atoms with van der Waals surface area (Å²) in [5.41, 5.74) is -0.749. The van der Waals surface area contributed by atoms with E-state index in [1.54, 1.807) is 19.1 Å². The number of carbonyl (C=O) groups is 3. The van der Waals surface area contributed by atoms with Gasteiger partial charge in [0, 0.05) is 32.0 Å². The van der Waals surface area contributed by atoms with Crippen LogP contribution in [0.15, 0.2) is 78.0 Å². The zero-order valence-corrected chi connectivity index (χ0v) is 27.6. The second-order valence-electron chi connectivity index (χ2n) is 11.2. The molecule has 4 atom stereocenters. The summed E-state index contributed by atoms with van der Waals surface area (Å²) < 4.78 is 92.0. The van der Waals surface area contributed by atoms with Gasteiger partial charge in [0.1, 0.15) is 41.0 Å². The lowest BCUT2D eigenvalue weighted by atomic mass is 9.93. The van der Waals surface area contributed by atoms with Crippen LogP contribution < -0.4 is 5.32 Å². The number of anilines is 1. The zero-order chi connectivity index (χ0) is 36.2. The highest BCUT2D eigenvalue weighted by atomic mass is 32.2. The van der Waals surface area contributed by atoms with Crippen LogP contribution in [0.5, 0.6) is 0 Å². The molecule has 2 aromatic carbocycles. The van der Waals surface area contributed by atoms with Gasteiger partial charge in [-0.1, -0.05) is 23.8 Å². The number of aromatic nitrogens is 2. The first-order valence-electron chi connectivity index (χ1n) is 15.1. The van der Waals surface area contributed by atoms with Crippen LogP contribution in [0.1, 0.15) is 48.0 Å². The van der Waals surface area contributed by atoms with Crippen molar-refractivity contribution in [2.24, 2.45) is 0 Å². The van der Waals surface area contributed by atoms with Gasteiger partial charge >= 0.3 is 11.9 Å². The number of rotatable bonds is 10. The molecule has 0 bridgehead atoms. The van der Waals surface area contributed by atoms with Crippen LogP contribution in [0, 0.1) is 24.4 Å². The monoisotopic (exact) mass is 713 g/mol. The molecule has 0 saturated carbocycles. The second kappa shape index (κ2) is 15.1. The number of nitrogens with zero attached hydrogens (tertiary/aromatic N) is 2. The van der Waals surface area contributed by atoms with Gasteiger partial charge in [0.15, 0.2) is 6.10 Å². The maximum Gasteiger partial charge on any atom is 0.303 e. The molecule has 2 aromatic heterocycles. The SMILES string of the molecule is CC(=O)O[C@H]1[C@H](OC(C)=O)C[C@H](c2ccncc2NC(=O)c2ccc(F)c(-c3c(F)cccc3F)n2)O[C@@H]1COS(=O)(=O)c1ccc(C)cc1. The first-order chi connectivity index (χ1) is 23.7. The molecule has 0 unspecified atom stereocenters. The number of benzene rings is 2. The minimum atomic E-state index is -4.31. The molecule has 5 rings (SSSR count).